The molecule has 84 valence electrons. The standard InChI is InChI=1S/C11H16O4/c1-3-15-11(14)7(2)8-4-5-10(13)9(8)6-12/h7,12H,3-6H2,1-2H3. The minimum Gasteiger partial charge on any atom is -0.466 e. The highest BCUT2D eigenvalue weighted by Gasteiger charge is 2.29. The molecule has 0 saturated carbocycles. The van der Waals surface area contributed by atoms with E-state index in [1.807, 2.05) is 0 Å². The smallest absolute Gasteiger partial charge is 0.312 e. The van der Waals surface area contributed by atoms with Gasteiger partial charge in [0.15, 0.2) is 5.78 Å². The lowest BCUT2D eigenvalue weighted by Gasteiger charge is -2.12. The van der Waals surface area contributed by atoms with Crippen molar-refractivity contribution in [2.24, 2.45) is 5.92 Å². The highest BCUT2D eigenvalue weighted by Crippen LogP contribution is 2.29. The molecule has 15 heavy (non-hydrogen) atoms. The van der Waals surface area contributed by atoms with Crippen LogP contribution >= 0.6 is 0 Å². The van der Waals surface area contributed by atoms with Gasteiger partial charge in [-0.25, -0.2) is 0 Å². The third-order valence-electron chi connectivity index (χ3n) is 2.67. The van der Waals surface area contributed by atoms with Crippen molar-refractivity contribution < 1.29 is 19.4 Å². The van der Waals surface area contributed by atoms with Crippen LogP contribution in [0.1, 0.15) is 26.7 Å². The van der Waals surface area contributed by atoms with Crippen molar-refractivity contribution in [3.63, 3.8) is 0 Å². The number of hydrogen-bond acceptors (Lipinski definition) is 4. The van der Waals surface area contributed by atoms with E-state index in [0.29, 0.717) is 25.0 Å². The zero-order valence-corrected chi connectivity index (χ0v) is 9.08. The van der Waals surface area contributed by atoms with E-state index in [2.05, 4.69) is 0 Å². The highest BCUT2D eigenvalue weighted by atomic mass is 16.5. The van der Waals surface area contributed by atoms with Crippen molar-refractivity contribution in [2.45, 2.75) is 26.7 Å². The van der Waals surface area contributed by atoms with Crippen LogP contribution in [0, 0.1) is 5.92 Å². The molecule has 1 atom stereocenters. The Bertz CT molecular complexity index is 304. The van der Waals surface area contributed by atoms with Crippen LogP contribution in [0.4, 0.5) is 0 Å². The first kappa shape index (κ1) is 11.9. The average Bonchev–Trinajstić information content (AvgIpc) is 2.58. The molecular weight excluding hydrogens is 196 g/mol. The molecule has 1 rings (SSSR count). The molecule has 0 heterocycles. The van der Waals surface area contributed by atoms with Gasteiger partial charge in [0, 0.05) is 12.0 Å². The summed E-state index contributed by atoms with van der Waals surface area (Å²) in [5, 5.41) is 9.04. The second kappa shape index (κ2) is 5.07. The summed E-state index contributed by atoms with van der Waals surface area (Å²) in [7, 11) is 0. The molecule has 0 saturated heterocycles. The summed E-state index contributed by atoms with van der Waals surface area (Å²) in [5.41, 5.74) is 1.14. The molecule has 1 aliphatic rings. The summed E-state index contributed by atoms with van der Waals surface area (Å²) >= 11 is 0. The number of rotatable bonds is 4. The Morgan fingerprint density at radius 3 is 2.73 bits per heavy atom. The zero-order valence-electron chi connectivity index (χ0n) is 9.08. The molecular formula is C11H16O4. The Morgan fingerprint density at radius 2 is 2.20 bits per heavy atom. The summed E-state index contributed by atoms with van der Waals surface area (Å²) in [5.74, 6) is -0.796. The lowest BCUT2D eigenvalue weighted by molar-refractivity contribution is -0.146. The number of aliphatic hydroxyl groups is 1. The van der Waals surface area contributed by atoms with E-state index in [-0.39, 0.29) is 18.4 Å². The van der Waals surface area contributed by atoms with E-state index in [1.54, 1.807) is 13.8 Å². The Kier molecular flexibility index (Phi) is 4.03. The maximum atomic E-state index is 11.4. The highest BCUT2D eigenvalue weighted by molar-refractivity contribution is 6.00. The third-order valence-corrected chi connectivity index (χ3v) is 2.67. The molecule has 4 heteroatoms. The Labute approximate surface area is 88.9 Å². The predicted octanol–water partition coefficient (Wildman–Crippen LogP) is 0.837. The van der Waals surface area contributed by atoms with Gasteiger partial charge in [-0.3, -0.25) is 9.59 Å². The molecule has 4 nitrogen and oxygen atoms in total. The summed E-state index contributed by atoms with van der Waals surface area (Å²) < 4.78 is 4.88. The van der Waals surface area contributed by atoms with E-state index in [9.17, 15) is 9.59 Å². The number of Topliss-reactive ketones (excluding diaryl/α,β-unsaturated/α-hetero) is 1. The van der Waals surface area contributed by atoms with Gasteiger partial charge >= 0.3 is 5.97 Å². The van der Waals surface area contributed by atoms with Gasteiger partial charge in [-0.15, -0.1) is 0 Å². The molecule has 0 spiro atoms. The average molecular weight is 212 g/mol. The van der Waals surface area contributed by atoms with Gasteiger partial charge in [-0.1, -0.05) is 0 Å². The number of esters is 1. The molecule has 0 aliphatic heterocycles. The van der Waals surface area contributed by atoms with Gasteiger partial charge in [0.05, 0.1) is 19.1 Å². The Morgan fingerprint density at radius 1 is 1.53 bits per heavy atom. The van der Waals surface area contributed by atoms with Crippen molar-refractivity contribution in [1.29, 1.82) is 0 Å². The van der Waals surface area contributed by atoms with Gasteiger partial charge < -0.3 is 9.84 Å². The molecule has 0 aromatic heterocycles. The third kappa shape index (κ3) is 2.45. The number of carbonyl (C=O) groups is 2. The van der Waals surface area contributed by atoms with Crippen LogP contribution < -0.4 is 0 Å². The molecule has 0 amide bonds. The first-order valence-electron chi connectivity index (χ1n) is 5.14. The molecule has 0 aromatic rings. The van der Waals surface area contributed by atoms with E-state index in [4.69, 9.17) is 9.84 Å². The largest absolute Gasteiger partial charge is 0.466 e. The fourth-order valence-electron chi connectivity index (χ4n) is 1.81. The normalized spacial score (nSPS) is 18.2. The number of ketones is 1. The minimum absolute atomic E-state index is 0.0522. The van der Waals surface area contributed by atoms with E-state index in [0.717, 1.165) is 5.57 Å². The number of hydrogen-bond donors (Lipinski definition) is 1. The number of aliphatic hydroxyl groups excluding tert-OH is 1. The second-order valence-electron chi connectivity index (χ2n) is 3.56. The van der Waals surface area contributed by atoms with E-state index < -0.39 is 5.92 Å². The summed E-state index contributed by atoms with van der Waals surface area (Å²) in [6.07, 6.45) is 0.962. The van der Waals surface area contributed by atoms with Crippen molar-refractivity contribution in [1.82, 2.24) is 0 Å². The van der Waals surface area contributed by atoms with Crippen LogP contribution in [0.2, 0.25) is 0 Å². The SMILES string of the molecule is CCOC(=O)C(C)C1=C(CO)C(=O)CC1. The van der Waals surface area contributed by atoms with Crippen molar-refractivity contribution in [3.05, 3.63) is 11.1 Å². The maximum absolute atomic E-state index is 11.4. The summed E-state index contributed by atoms with van der Waals surface area (Å²) in [6.45, 7) is 3.50. The number of ether oxygens (including phenoxy) is 1. The van der Waals surface area contributed by atoms with E-state index in [1.165, 1.54) is 0 Å². The zero-order chi connectivity index (χ0) is 11.4. The lowest BCUT2D eigenvalue weighted by atomic mass is 9.98. The van der Waals surface area contributed by atoms with Crippen molar-refractivity contribution in [2.75, 3.05) is 13.2 Å². The molecule has 0 bridgehead atoms. The molecule has 0 radical (unpaired) electrons. The minimum atomic E-state index is -0.418. The van der Waals surface area contributed by atoms with Crippen LogP contribution in [-0.4, -0.2) is 30.1 Å². The van der Waals surface area contributed by atoms with Crippen LogP contribution in [-0.2, 0) is 14.3 Å². The fourth-order valence-corrected chi connectivity index (χ4v) is 1.81. The molecule has 1 aliphatic carbocycles. The topological polar surface area (TPSA) is 63.6 Å². The molecule has 0 aromatic carbocycles. The van der Waals surface area contributed by atoms with Gasteiger partial charge in [0.1, 0.15) is 0 Å². The van der Waals surface area contributed by atoms with Crippen molar-refractivity contribution in [3.8, 4) is 0 Å². The van der Waals surface area contributed by atoms with Crippen LogP contribution in [0.3, 0.4) is 0 Å². The first-order valence-corrected chi connectivity index (χ1v) is 5.14. The number of carbonyl (C=O) groups excluding carboxylic acids is 2. The first-order chi connectivity index (χ1) is 7.11. The lowest BCUT2D eigenvalue weighted by Crippen LogP contribution is -2.17. The Hall–Kier alpha value is -1.16. The molecule has 0 fully saturated rings. The summed E-state index contributed by atoms with van der Waals surface area (Å²) in [4.78, 5) is 22.8. The van der Waals surface area contributed by atoms with Crippen LogP contribution in [0.15, 0.2) is 11.1 Å². The van der Waals surface area contributed by atoms with Gasteiger partial charge in [0.25, 0.3) is 0 Å². The van der Waals surface area contributed by atoms with Gasteiger partial charge in [0.2, 0.25) is 0 Å². The van der Waals surface area contributed by atoms with Crippen LogP contribution in [0.5, 0.6) is 0 Å². The maximum Gasteiger partial charge on any atom is 0.312 e. The van der Waals surface area contributed by atoms with E-state index >= 15 is 0 Å². The Balaban J connectivity index is 2.82. The van der Waals surface area contributed by atoms with Crippen molar-refractivity contribution >= 4 is 11.8 Å². The quantitative estimate of drug-likeness (QED) is 0.701. The van der Waals surface area contributed by atoms with Crippen LogP contribution in [0.25, 0.3) is 0 Å². The molecule has 1 N–H and O–H groups in total. The monoisotopic (exact) mass is 212 g/mol. The molecule has 1 unspecified atom stereocenters. The fraction of sp³-hybridized carbons (Fsp3) is 0.636. The predicted molar refractivity (Wildman–Crippen MR) is 54.1 cm³/mol. The summed E-state index contributed by atoms with van der Waals surface area (Å²) in [6, 6.07) is 0. The second-order valence-corrected chi connectivity index (χ2v) is 3.56. The van der Waals surface area contributed by atoms with Gasteiger partial charge in [-0.2, -0.15) is 0 Å². The van der Waals surface area contributed by atoms with Gasteiger partial charge in [-0.05, 0) is 25.8 Å².